The first-order valence-corrected chi connectivity index (χ1v) is 6.92. The van der Waals surface area contributed by atoms with Crippen LogP contribution in [0.25, 0.3) is 0 Å². The van der Waals surface area contributed by atoms with Gasteiger partial charge in [-0.3, -0.25) is 14.4 Å². The minimum atomic E-state index is -0.408. The Hall–Kier alpha value is -2.11. The summed E-state index contributed by atoms with van der Waals surface area (Å²) in [6.07, 6.45) is 5.11. The van der Waals surface area contributed by atoms with Gasteiger partial charge in [0.05, 0.1) is 0 Å². The number of aromatic nitrogens is 1. The molecule has 0 radical (unpaired) electrons. The predicted molar refractivity (Wildman–Crippen MR) is 74.4 cm³/mol. The Kier molecular flexibility index (Phi) is 4.92. The first-order valence-electron chi connectivity index (χ1n) is 6.92. The van der Waals surface area contributed by atoms with Crippen molar-refractivity contribution < 1.29 is 9.59 Å². The molecule has 108 valence electrons. The molecule has 2 rings (SSSR count). The summed E-state index contributed by atoms with van der Waals surface area (Å²) in [5, 5.41) is 2.68. The predicted octanol–water partition coefficient (Wildman–Crippen LogP) is 0.507. The van der Waals surface area contributed by atoms with E-state index in [9.17, 15) is 14.4 Å². The molecule has 1 aromatic heterocycles. The minimum absolute atomic E-state index is 0.0923. The van der Waals surface area contributed by atoms with E-state index < -0.39 is 11.5 Å². The molecule has 0 aliphatic carbocycles. The van der Waals surface area contributed by atoms with E-state index in [0.29, 0.717) is 19.5 Å². The maximum Gasteiger partial charge on any atom is 0.260 e. The zero-order valence-corrected chi connectivity index (χ0v) is 11.4. The highest BCUT2D eigenvalue weighted by atomic mass is 16.2. The number of nitrogens with one attached hydrogen (secondary N) is 2. The van der Waals surface area contributed by atoms with Crippen LogP contribution in [0.4, 0.5) is 0 Å². The van der Waals surface area contributed by atoms with Crippen molar-refractivity contribution in [2.24, 2.45) is 0 Å². The number of carbonyl (C=O) groups is 2. The number of pyridine rings is 1. The molecular formula is C14H19N3O3. The van der Waals surface area contributed by atoms with E-state index in [1.807, 2.05) is 0 Å². The fourth-order valence-electron chi connectivity index (χ4n) is 2.27. The van der Waals surface area contributed by atoms with Crippen LogP contribution in [0.1, 0.15) is 36.0 Å². The Morgan fingerprint density at radius 2 is 2.15 bits per heavy atom. The average molecular weight is 277 g/mol. The van der Waals surface area contributed by atoms with Gasteiger partial charge in [-0.25, -0.2) is 0 Å². The first kappa shape index (κ1) is 14.3. The highest BCUT2D eigenvalue weighted by Gasteiger charge is 2.16. The Morgan fingerprint density at radius 3 is 2.95 bits per heavy atom. The Morgan fingerprint density at radius 1 is 1.30 bits per heavy atom. The number of likely N-dealkylation sites (tertiary alicyclic amines) is 1. The average Bonchev–Trinajstić information content (AvgIpc) is 2.64. The van der Waals surface area contributed by atoms with E-state index in [4.69, 9.17) is 0 Å². The van der Waals surface area contributed by atoms with E-state index in [1.165, 1.54) is 12.3 Å². The van der Waals surface area contributed by atoms with Gasteiger partial charge in [0.25, 0.3) is 11.5 Å². The first-order chi connectivity index (χ1) is 9.68. The van der Waals surface area contributed by atoms with Gasteiger partial charge in [-0.2, -0.15) is 0 Å². The van der Waals surface area contributed by atoms with E-state index in [0.717, 1.165) is 25.8 Å². The lowest BCUT2D eigenvalue weighted by Crippen LogP contribution is -2.39. The molecule has 0 aromatic carbocycles. The quantitative estimate of drug-likeness (QED) is 0.841. The number of carbonyl (C=O) groups excluding carboxylic acids is 2. The zero-order valence-electron chi connectivity index (χ0n) is 11.4. The Labute approximate surface area is 117 Å². The molecule has 0 spiro atoms. The van der Waals surface area contributed by atoms with E-state index in [1.54, 1.807) is 11.0 Å². The summed E-state index contributed by atoms with van der Waals surface area (Å²) >= 11 is 0. The van der Waals surface area contributed by atoms with Crippen molar-refractivity contribution >= 4 is 11.8 Å². The maximum atomic E-state index is 11.8. The third-order valence-corrected chi connectivity index (χ3v) is 3.40. The van der Waals surface area contributed by atoms with Gasteiger partial charge in [-0.1, -0.05) is 6.42 Å². The molecule has 0 saturated carbocycles. The van der Waals surface area contributed by atoms with Crippen molar-refractivity contribution in [1.29, 1.82) is 0 Å². The molecule has 1 aliphatic rings. The molecule has 0 unspecified atom stereocenters. The summed E-state index contributed by atoms with van der Waals surface area (Å²) in [4.78, 5) is 39.3. The lowest BCUT2D eigenvalue weighted by molar-refractivity contribution is -0.130. The van der Waals surface area contributed by atoms with Gasteiger partial charge in [0, 0.05) is 32.3 Å². The molecule has 2 heterocycles. The number of hydrogen-bond acceptors (Lipinski definition) is 3. The van der Waals surface area contributed by atoms with E-state index >= 15 is 0 Å². The molecule has 6 heteroatoms. The van der Waals surface area contributed by atoms with Crippen LogP contribution in [0.3, 0.4) is 0 Å². The normalized spacial score (nSPS) is 15.8. The number of hydrogen-bond donors (Lipinski definition) is 2. The van der Waals surface area contributed by atoms with Crippen LogP contribution in [0.5, 0.6) is 0 Å². The topological polar surface area (TPSA) is 82.3 Å². The molecule has 2 amide bonds. The van der Waals surface area contributed by atoms with Crippen LogP contribution < -0.4 is 10.9 Å². The standard InChI is InChI=1S/C14H19N3O3/c18-12-6-2-1-3-9-17(12)10-8-16-14(20)11-5-4-7-15-13(11)19/h4-5,7H,1-3,6,8-10H2,(H,15,19)(H,16,20). The number of nitrogens with zero attached hydrogens (tertiary/aromatic N) is 1. The number of amides is 2. The van der Waals surface area contributed by atoms with Crippen molar-refractivity contribution in [3.63, 3.8) is 0 Å². The van der Waals surface area contributed by atoms with Crippen molar-refractivity contribution in [2.45, 2.75) is 25.7 Å². The molecule has 1 aromatic rings. The lowest BCUT2D eigenvalue weighted by Gasteiger charge is -2.20. The van der Waals surface area contributed by atoms with Gasteiger partial charge in [-0.15, -0.1) is 0 Å². The Balaban J connectivity index is 1.83. The molecule has 0 bridgehead atoms. The monoisotopic (exact) mass is 277 g/mol. The van der Waals surface area contributed by atoms with Crippen LogP contribution in [0.2, 0.25) is 0 Å². The Bertz CT molecular complexity index is 538. The SMILES string of the molecule is O=C(NCCN1CCCCCC1=O)c1ccc[nH]c1=O. The van der Waals surface area contributed by atoms with Gasteiger partial charge in [0.2, 0.25) is 5.91 Å². The van der Waals surface area contributed by atoms with Crippen molar-refractivity contribution in [3.8, 4) is 0 Å². The van der Waals surface area contributed by atoms with Gasteiger partial charge in [-0.05, 0) is 25.0 Å². The highest BCUT2D eigenvalue weighted by Crippen LogP contribution is 2.10. The number of H-pyrrole nitrogens is 1. The molecule has 1 aliphatic heterocycles. The second-order valence-corrected chi connectivity index (χ2v) is 4.86. The van der Waals surface area contributed by atoms with Crippen molar-refractivity contribution in [2.75, 3.05) is 19.6 Å². The number of rotatable bonds is 4. The molecular weight excluding hydrogens is 258 g/mol. The van der Waals surface area contributed by atoms with E-state index in [-0.39, 0.29) is 11.5 Å². The summed E-state index contributed by atoms with van der Waals surface area (Å²) in [6.45, 7) is 1.61. The molecule has 0 atom stereocenters. The fraction of sp³-hybridized carbons (Fsp3) is 0.500. The molecule has 20 heavy (non-hydrogen) atoms. The van der Waals surface area contributed by atoms with Gasteiger partial charge < -0.3 is 15.2 Å². The van der Waals surface area contributed by atoms with Gasteiger partial charge in [0.15, 0.2) is 0 Å². The second-order valence-electron chi connectivity index (χ2n) is 4.86. The van der Waals surface area contributed by atoms with E-state index in [2.05, 4.69) is 10.3 Å². The maximum absolute atomic E-state index is 11.8. The molecule has 1 saturated heterocycles. The van der Waals surface area contributed by atoms with Crippen molar-refractivity contribution in [3.05, 3.63) is 34.2 Å². The van der Waals surface area contributed by atoms with Gasteiger partial charge in [0.1, 0.15) is 5.56 Å². The van der Waals surface area contributed by atoms with Crippen LogP contribution in [-0.2, 0) is 4.79 Å². The van der Waals surface area contributed by atoms with Crippen LogP contribution in [0.15, 0.2) is 23.1 Å². The summed E-state index contributed by atoms with van der Waals surface area (Å²) < 4.78 is 0. The van der Waals surface area contributed by atoms with Crippen LogP contribution >= 0.6 is 0 Å². The third kappa shape index (κ3) is 3.69. The molecule has 1 fully saturated rings. The summed E-state index contributed by atoms with van der Waals surface area (Å²) in [7, 11) is 0. The second kappa shape index (κ2) is 6.88. The minimum Gasteiger partial charge on any atom is -0.350 e. The number of aromatic amines is 1. The van der Waals surface area contributed by atoms with Crippen LogP contribution in [0, 0.1) is 0 Å². The van der Waals surface area contributed by atoms with Crippen LogP contribution in [-0.4, -0.2) is 41.3 Å². The van der Waals surface area contributed by atoms with Gasteiger partial charge >= 0.3 is 0 Å². The molecule has 2 N–H and O–H groups in total. The lowest BCUT2D eigenvalue weighted by atomic mass is 10.2. The fourth-order valence-corrected chi connectivity index (χ4v) is 2.27. The summed E-state index contributed by atoms with van der Waals surface area (Å²) in [5.74, 6) is -0.261. The molecule has 6 nitrogen and oxygen atoms in total. The largest absolute Gasteiger partial charge is 0.350 e. The van der Waals surface area contributed by atoms with Crippen molar-refractivity contribution in [1.82, 2.24) is 15.2 Å². The smallest absolute Gasteiger partial charge is 0.260 e. The third-order valence-electron chi connectivity index (χ3n) is 3.40. The summed E-state index contributed by atoms with van der Waals surface area (Å²) in [5.41, 5.74) is -0.314. The summed E-state index contributed by atoms with van der Waals surface area (Å²) in [6, 6.07) is 3.08. The highest BCUT2D eigenvalue weighted by molar-refractivity contribution is 5.93. The zero-order chi connectivity index (χ0) is 14.4.